The number of amides is 2. The first-order valence-corrected chi connectivity index (χ1v) is 14.5. The molecule has 0 saturated heterocycles. The number of hydrogen-bond acceptors (Lipinski definition) is 6. The molecular formula is C31H37F2N7O2. The summed E-state index contributed by atoms with van der Waals surface area (Å²) in [7, 11) is 0. The zero-order valence-electron chi connectivity index (χ0n) is 24.4. The fourth-order valence-corrected chi connectivity index (χ4v) is 6.61. The zero-order valence-corrected chi connectivity index (χ0v) is 24.4. The first kappa shape index (κ1) is 29.5. The van der Waals surface area contributed by atoms with Gasteiger partial charge in [0.05, 0.1) is 12.6 Å². The minimum Gasteiger partial charge on any atom is -0.345 e. The molecule has 5 rings (SSSR count). The van der Waals surface area contributed by atoms with Crippen LogP contribution in [0.1, 0.15) is 98.7 Å². The average Bonchev–Trinajstić information content (AvgIpc) is 3.56. The summed E-state index contributed by atoms with van der Waals surface area (Å²) in [6, 6.07) is 13.0. The van der Waals surface area contributed by atoms with Gasteiger partial charge in [0.2, 0.25) is 0 Å². The van der Waals surface area contributed by atoms with Crippen LogP contribution in [-0.4, -0.2) is 48.7 Å². The van der Waals surface area contributed by atoms with E-state index in [2.05, 4.69) is 46.7 Å². The standard InChI is InChI=1S/C31H37F2N7O2/c1-5-7-25(21-10-12-22(13-11-21)28(41)34-18-26-36-38-39-37-26)40-29(42)27(23-8-6-9-24(15-23)30(4,32)33)35-31(40)16-19(2)14-20(3)17-31/h6,8-13,15,19-20,25H,5,7,14,16-18H2,1-4H3,(H,34,41)(H,36,37,38,39). The molecule has 2 aromatic carbocycles. The topological polar surface area (TPSA) is 116 Å². The van der Waals surface area contributed by atoms with Crippen molar-refractivity contribution in [3.63, 3.8) is 0 Å². The number of alkyl halides is 2. The van der Waals surface area contributed by atoms with E-state index in [0.717, 1.165) is 25.3 Å². The monoisotopic (exact) mass is 577 g/mol. The summed E-state index contributed by atoms with van der Waals surface area (Å²) < 4.78 is 28.5. The third kappa shape index (κ3) is 5.96. The maximum absolute atomic E-state index is 14.3. The Hall–Kier alpha value is -4.02. The van der Waals surface area contributed by atoms with Crippen LogP contribution in [0.2, 0.25) is 0 Å². The van der Waals surface area contributed by atoms with E-state index in [4.69, 9.17) is 4.99 Å². The highest BCUT2D eigenvalue weighted by Gasteiger charge is 2.53. The van der Waals surface area contributed by atoms with Crippen LogP contribution in [0, 0.1) is 11.8 Å². The molecule has 0 bridgehead atoms. The van der Waals surface area contributed by atoms with Crippen LogP contribution < -0.4 is 5.32 Å². The van der Waals surface area contributed by atoms with Gasteiger partial charge < -0.3 is 10.2 Å². The summed E-state index contributed by atoms with van der Waals surface area (Å²) in [5.74, 6) is -2.50. The maximum atomic E-state index is 14.3. The summed E-state index contributed by atoms with van der Waals surface area (Å²) in [5, 5.41) is 16.3. The summed E-state index contributed by atoms with van der Waals surface area (Å²) >= 11 is 0. The number of aliphatic imine (C=N–C) groups is 1. The molecule has 2 amide bonds. The molecule has 3 aromatic rings. The molecule has 1 saturated carbocycles. The summed E-state index contributed by atoms with van der Waals surface area (Å²) in [6.45, 7) is 7.43. The molecule has 2 heterocycles. The Bertz CT molecular complexity index is 1440. The van der Waals surface area contributed by atoms with Crippen molar-refractivity contribution in [2.75, 3.05) is 0 Å². The number of H-pyrrole nitrogens is 1. The van der Waals surface area contributed by atoms with Crippen molar-refractivity contribution >= 4 is 17.5 Å². The molecule has 1 aliphatic carbocycles. The van der Waals surface area contributed by atoms with Gasteiger partial charge in [-0.25, -0.2) is 8.78 Å². The highest BCUT2D eigenvalue weighted by molar-refractivity contribution is 6.46. The maximum Gasteiger partial charge on any atom is 0.275 e. The van der Waals surface area contributed by atoms with Crippen molar-refractivity contribution < 1.29 is 18.4 Å². The number of carbonyl (C=O) groups excluding carboxylic acids is 2. The number of nitrogens with zero attached hydrogens (tertiary/aromatic N) is 5. The molecule has 0 radical (unpaired) electrons. The number of tetrazole rings is 1. The van der Waals surface area contributed by atoms with Gasteiger partial charge >= 0.3 is 0 Å². The SMILES string of the molecule is CCCC(c1ccc(C(=O)NCc2nn[nH]n2)cc1)N1C(=O)C(c2cccc(C(C)(F)F)c2)=NC12CC(C)CC(C)C2. The van der Waals surface area contributed by atoms with E-state index in [1.54, 1.807) is 24.3 Å². The third-order valence-electron chi connectivity index (χ3n) is 8.22. The van der Waals surface area contributed by atoms with Crippen LogP contribution in [0.4, 0.5) is 8.78 Å². The quantitative estimate of drug-likeness (QED) is 0.345. The van der Waals surface area contributed by atoms with Crippen molar-refractivity contribution in [3.8, 4) is 0 Å². The van der Waals surface area contributed by atoms with Crippen molar-refractivity contribution in [1.29, 1.82) is 0 Å². The lowest BCUT2D eigenvalue weighted by molar-refractivity contribution is -0.134. The zero-order chi connectivity index (χ0) is 30.1. The average molecular weight is 578 g/mol. The molecule has 1 fully saturated rings. The van der Waals surface area contributed by atoms with E-state index in [0.29, 0.717) is 48.0 Å². The smallest absolute Gasteiger partial charge is 0.275 e. The molecular weight excluding hydrogens is 540 g/mol. The second-order valence-corrected chi connectivity index (χ2v) is 11.9. The summed E-state index contributed by atoms with van der Waals surface area (Å²) in [4.78, 5) is 34.1. The van der Waals surface area contributed by atoms with Gasteiger partial charge in [0.1, 0.15) is 11.4 Å². The van der Waals surface area contributed by atoms with Gasteiger partial charge in [0, 0.05) is 23.6 Å². The Morgan fingerprint density at radius 1 is 1.17 bits per heavy atom. The van der Waals surface area contributed by atoms with E-state index in [9.17, 15) is 18.4 Å². The van der Waals surface area contributed by atoms with Crippen molar-refractivity contribution in [1.82, 2.24) is 30.8 Å². The minimum absolute atomic E-state index is 0.141. The molecule has 1 spiro atoms. The molecule has 1 aromatic heterocycles. The number of nitrogens with one attached hydrogen (secondary N) is 2. The predicted octanol–water partition coefficient (Wildman–Crippen LogP) is 5.57. The summed E-state index contributed by atoms with van der Waals surface area (Å²) in [6.07, 6.45) is 3.95. The van der Waals surface area contributed by atoms with Gasteiger partial charge in [0.25, 0.3) is 17.7 Å². The first-order chi connectivity index (χ1) is 20.0. The Morgan fingerprint density at radius 3 is 2.50 bits per heavy atom. The van der Waals surface area contributed by atoms with Crippen LogP contribution in [0.25, 0.3) is 0 Å². The largest absolute Gasteiger partial charge is 0.345 e. The molecule has 2 N–H and O–H groups in total. The fraction of sp³-hybridized carbons (Fsp3) is 0.484. The number of benzene rings is 2. The first-order valence-electron chi connectivity index (χ1n) is 14.5. The lowest BCUT2D eigenvalue weighted by atomic mass is 9.75. The second-order valence-electron chi connectivity index (χ2n) is 11.9. The van der Waals surface area contributed by atoms with Gasteiger partial charge in [0.15, 0.2) is 5.82 Å². The number of aromatic nitrogens is 4. The van der Waals surface area contributed by atoms with Crippen molar-refractivity contribution in [3.05, 3.63) is 76.6 Å². The van der Waals surface area contributed by atoms with Gasteiger partial charge in [-0.1, -0.05) is 62.7 Å². The van der Waals surface area contributed by atoms with Gasteiger partial charge in [-0.2, -0.15) is 5.21 Å². The van der Waals surface area contributed by atoms with E-state index >= 15 is 0 Å². The van der Waals surface area contributed by atoms with Crippen molar-refractivity contribution in [2.24, 2.45) is 16.8 Å². The van der Waals surface area contributed by atoms with E-state index < -0.39 is 11.6 Å². The Kier molecular flexibility index (Phi) is 8.21. The van der Waals surface area contributed by atoms with Crippen LogP contribution in [-0.2, 0) is 17.3 Å². The Labute approximate surface area is 244 Å². The number of rotatable bonds is 9. The predicted molar refractivity (Wildman–Crippen MR) is 154 cm³/mol. The lowest BCUT2D eigenvalue weighted by Crippen LogP contribution is -2.52. The normalized spacial score (nSPS) is 23.2. The third-order valence-corrected chi connectivity index (χ3v) is 8.22. The Morgan fingerprint density at radius 2 is 1.88 bits per heavy atom. The highest BCUT2D eigenvalue weighted by atomic mass is 19.3. The number of halogens is 2. The molecule has 9 nitrogen and oxygen atoms in total. The lowest BCUT2D eigenvalue weighted by Gasteiger charge is -2.47. The van der Waals surface area contributed by atoms with E-state index in [1.165, 1.54) is 12.1 Å². The molecule has 1 aliphatic heterocycles. The minimum atomic E-state index is -3.03. The Balaban J connectivity index is 1.49. The highest BCUT2D eigenvalue weighted by Crippen LogP contribution is 2.48. The van der Waals surface area contributed by atoms with Crippen LogP contribution in [0.3, 0.4) is 0 Å². The molecule has 42 heavy (non-hydrogen) atoms. The molecule has 2 aliphatic rings. The van der Waals surface area contributed by atoms with Gasteiger partial charge in [-0.3, -0.25) is 14.6 Å². The molecule has 222 valence electrons. The molecule has 3 atom stereocenters. The number of carbonyl (C=O) groups is 2. The van der Waals surface area contributed by atoms with E-state index in [-0.39, 0.29) is 35.7 Å². The second kappa shape index (κ2) is 11.7. The van der Waals surface area contributed by atoms with Crippen LogP contribution in [0.5, 0.6) is 0 Å². The fourth-order valence-electron chi connectivity index (χ4n) is 6.61. The van der Waals surface area contributed by atoms with Gasteiger partial charge in [-0.05, 0) is 61.3 Å². The molecule has 3 unspecified atom stereocenters. The van der Waals surface area contributed by atoms with Crippen LogP contribution >= 0.6 is 0 Å². The van der Waals surface area contributed by atoms with Crippen LogP contribution in [0.15, 0.2) is 53.5 Å². The van der Waals surface area contributed by atoms with Gasteiger partial charge in [-0.15, -0.1) is 10.2 Å². The summed E-state index contributed by atoms with van der Waals surface area (Å²) in [5.41, 5.74) is 1.10. The van der Waals surface area contributed by atoms with Crippen molar-refractivity contribution in [2.45, 2.75) is 84.0 Å². The number of hydrogen-bond donors (Lipinski definition) is 2. The number of aromatic amines is 1. The van der Waals surface area contributed by atoms with E-state index in [1.807, 2.05) is 17.0 Å². The molecule has 11 heteroatoms.